The molecule has 2 amide bonds. The van der Waals surface area contributed by atoms with Crippen LogP contribution in [0, 0.1) is 0 Å². The molecule has 3 rings (SSSR count). The number of piperazine rings is 1. The van der Waals surface area contributed by atoms with Crippen LogP contribution in [0.4, 0.5) is 5.69 Å². The minimum absolute atomic E-state index is 0.0401. The SMILES string of the molecule is COc1ccc([C@@H](CNC(=O)C(=O)Nc2ccccc2Cl)N2CCN(C)CC2)cc1. The van der Waals surface area contributed by atoms with Gasteiger partial charge in [0.1, 0.15) is 5.75 Å². The van der Waals surface area contributed by atoms with Crippen LogP contribution in [0.15, 0.2) is 48.5 Å². The van der Waals surface area contributed by atoms with E-state index in [-0.39, 0.29) is 6.04 Å². The third-order valence-electron chi connectivity index (χ3n) is 5.26. The Hall–Kier alpha value is -2.61. The maximum atomic E-state index is 12.4. The number of rotatable bonds is 6. The van der Waals surface area contributed by atoms with Crippen molar-refractivity contribution in [2.24, 2.45) is 0 Å². The molecule has 7 nitrogen and oxygen atoms in total. The molecule has 0 radical (unpaired) electrons. The van der Waals surface area contributed by atoms with E-state index in [1.807, 2.05) is 24.3 Å². The molecule has 160 valence electrons. The number of carbonyl (C=O) groups is 2. The lowest BCUT2D eigenvalue weighted by atomic mass is 10.0. The number of para-hydroxylation sites is 1. The van der Waals surface area contributed by atoms with Crippen molar-refractivity contribution in [1.29, 1.82) is 0 Å². The van der Waals surface area contributed by atoms with E-state index in [1.54, 1.807) is 31.4 Å². The zero-order valence-electron chi connectivity index (χ0n) is 17.2. The molecular weight excluding hydrogens is 404 g/mol. The van der Waals surface area contributed by atoms with E-state index in [0.29, 0.717) is 17.3 Å². The highest BCUT2D eigenvalue weighted by Crippen LogP contribution is 2.24. The van der Waals surface area contributed by atoms with E-state index >= 15 is 0 Å². The van der Waals surface area contributed by atoms with Crippen molar-refractivity contribution >= 4 is 29.1 Å². The lowest BCUT2D eigenvalue weighted by molar-refractivity contribution is -0.136. The molecule has 8 heteroatoms. The van der Waals surface area contributed by atoms with Gasteiger partial charge in [-0.05, 0) is 36.9 Å². The Kier molecular flexibility index (Phi) is 7.68. The van der Waals surface area contributed by atoms with E-state index in [1.165, 1.54) is 0 Å². The Balaban J connectivity index is 1.66. The van der Waals surface area contributed by atoms with Crippen molar-refractivity contribution in [1.82, 2.24) is 15.1 Å². The molecule has 0 aromatic heterocycles. The van der Waals surface area contributed by atoms with Gasteiger partial charge in [0.25, 0.3) is 0 Å². The highest BCUT2D eigenvalue weighted by molar-refractivity contribution is 6.41. The van der Waals surface area contributed by atoms with E-state index in [4.69, 9.17) is 16.3 Å². The second kappa shape index (κ2) is 10.4. The largest absolute Gasteiger partial charge is 0.497 e. The number of nitrogens with one attached hydrogen (secondary N) is 2. The Morgan fingerprint density at radius 3 is 2.33 bits per heavy atom. The second-order valence-electron chi connectivity index (χ2n) is 7.27. The zero-order valence-corrected chi connectivity index (χ0v) is 18.0. The number of amides is 2. The van der Waals surface area contributed by atoms with Gasteiger partial charge in [-0.15, -0.1) is 0 Å². The monoisotopic (exact) mass is 430 g/mol. The standard InChI is InChI=1S/C22H27ClN4O3/c1-26-11-13-27(14-12-26)20(16-7-9-17(30-2)10-8-16)15-24-21(28)22(29)25-19-6-4-3-5-18(19)23/h3-10,20H,11-15H2,1-2H3,(H,24,28)(H,25,29)/t20-/m1/s1. The molecule has 0 bridgehead atoms. The smallest absolute Gasteiger partial charge is 0.313 e. The van der Waals surface area contributed by atoms with Gasteiger partial charge in [0.15, 0.2) is 0 Å². The van der Waals surface area contributed by atoms with E-state index in [9.17, 15) is 9.59 Å². The van der Waals surface area contributed by atoms with E-state index in [2.05, 4.69) is 27.5 Å². The maximum Gasteiger partial charge on any atom is 0.313 e. The van der Waals surface area contributed by atoms with Crippen LogP contribution in [-0.4, -0.2) is 68.5 Å². The lowest BCUT2D eigenvalue weighted by Gasteiger charge is -2.38. The first-order chi connectivity index (χ1) is 14.5. The van der Waals surface area contributed by atoms with Crippen molar-refractivity contribution in [3.63, 3.8) is 0 Å². The van der Waals surface area contributed by atoms with Crippen LogP contribution in [0.1, 0.15) is 11.6 Å². The van der Waals surface area contributed by atoms with E-state index in [0.717, 1.165) is 37.5 Å². The summed E-state index contributed by atoms with van der Waals surface area (Å²) in [6, 6.07) is 14.6. The van der Waals surface area contributed by atoms with Gasteiger partial charge < -0.3 is 20.3 Å². The number of ether oxygens (including phenoxy) is 1. The minimum atomic E-state index is -0.741. The number of hydrogen-bond donors (Lipinski definition) is 2. The molecule has 0 aliphatic carbocycles. The first kappa shape index (κ1) is 22.1. The number of likely N-dealkylation sites (N-methyl/N-ethyl adjacent to an activating group) is 1. The lowest BCUT2D eigenvalue weighted by Crippen LogP contribution is -2.49. The van der Waals surface area contributed by atoms with Crippen LogP contribution in [0.5, 0.6) is 5.75 Å². The first-order valence-electron chi connectivity index (χ1n) is 9.88. The van der Waals surface area contributed by atoms with Crippen LogP contribution in [0.3, 0.4) is 0 Å². The molecule has 1 aliphatic heterocycles. The topological polar surface area (TPSA) is 73.9 Å². The quantitative estimate of drug-likeness (QED) is 0.688. The van der Waals surface area contributed by atoms with Gasteiger partial charge in [0, 0.05) is 32.7 Å². The molecule has 1 heterocycles. The van der Waals surface area contributed by atoms with Crippen molar-refractivity contribution in [2.45, 2.75) is 6.04 Å². The minimum Gasteiger partial charge on any atom is -0.497 e. The van der Waals surface area contributed by atoms with Crippen LogP contribution in [0.25, 0.3) is 0 Å². The summed E-state index contributed by atoms with van der Waals surface area (Å²) in [5.74, 6) is -0.656. The number of carbonyl (C=O) groups excluding carboxylic acids is 2. The molecule has 0 saturated carbocycles. The average molecular weight is 431 g/mol. The predicted molar refractivity (Wildman–Crippen MR) is 118 cm³/mol. The summed E-state index contributed by atoms with van der Waals surface area (Å²) in [5, 5.41) is 5.71. The molecule has 30 heavy (non-hydrogen) atoms. The maximum absolute atomic E-state index is 12.4. The Bertz CT molecular complexity index is 867. The predicted octanol–water partition coefficient (Wildman–Crippen LogP) is 2.39. The summed E-state index contributed by atoms with van der Waals surface area (Å²) in [6.07, 6.45) is 0. The average Bonchev–Trinajstić information content (AvgIpc) is 2.77. The van der Waals surface area contributed by atoms with Crippen molar-refractivity contribution in [3.05, 3.63) is 59.1 Å². The fourth-order valence-electron chi connectivity index (χ4n) is 3.43. The molecule has 0 unspecified atom stereocenters. The Labute approximate surface area is 181 Å². The molecule has 1 atom stereocenters. The normalized spacial score (nSPS) is 16.0. The number of halogens is 1. The zero-order chi connectivity index (χ0) is 21.5. The van der Waals surface area contributed by atoms with Gasteiger partial charge in [-0.3, -0.25) is 14.5 Å². The summed E-state index contributed by atoms with van der Waals surface area (Å²) >= 11 is 6.05. The van der Waals surface area contributed by atoms with Crippen LogP contribution >= 0.6 is 11.6 Å². The summed E-state index contributed by atoms with van der Waals surface area (Å²) in [4.78, 5) is 29.3. The van der Waals surface area contributed by atoms with Crippen LogP contribution in [0.2, 0.25) is 5.02 Å². The molecule has 2 aromatic carbocycles. The third kappa shape index (κ3) is 5.72. The van der Waals surface area contributed by atoms with Gasteiger partial charge in [-0.2, -0.15) is 0 Å². The number of hydrogen-bond acceptors (Lipinski definition) is 5. The van der Waals surface area contributed by atoms with Gasteiger partial charge in [0.2, 0.25) is 0 Å². The van der Waals surface area contributed by atoms with Crippen molar-refractivity contribution < 1.29 is 14.3 Å². The molecule has 1 aliphatic rings. The summed E-state index contributed by atoms with van der Waals surface area (Å²) < 4.78 is 5.25. The van der Waals surface area contributed by atoms with Crippen molar-refractivity contribution in [2.75, 3.05) is 52.2 Å². The molecule has 2 aromatic rings. The summed E-state index contributed by atoms with van der Waals surface area (Å²) in [7, 11) is 3.73. The van der Waals surface area contributed by atoms with Crippen LogP contribution < -0.4 is 15.4 Å². The van der Waals surface area contributed by atoms with E-state index < -0.39 is 11.8 Å². The van der Waals surface area contributed by atoms with Gasteiger partial charge in [-0.1, -0.05) is 35.9 Å². The molecule has 1 saturated heterocycles. The highest BCUT2D eigenvalue weighted by atomic mass is 35.5. The van der Waals surface area contributed by atoms with Crippen molar-refractivity contribution in [3.8, 4) is 5.75 Å². The molecule has 1 fully saturated rings. The Morgan fingerprint density at radius 1 is 1.03 bits per heavy atom. The number of benzene rings is 2. The number of methoxy groups -OCH3 is 1. The summed E-state index contributed by atoms with van der Waals surface area (Å²) in [6.45, 7) is 4.00. The summed E-state index contributed by atoms with van der Waals surface area (Å²) in [5.41, 5.74) is 1.47. The first-order valence-corrected chi connectivity index (χ1v) is 10.3. The molecular formula is C22H27ClN4O3. The Morgan fingerprint density at radius 2 is 1.70 bits per heavy atom. The third-order valence-corrected chi connectivity index (χ3v) is 5.59. The number of anilines is 1. The highest BCUT2D eigenvalue weighted by Gasteiger charge is 2.25. The van der Waals surface area contributed by atoms with Gasteiger partial charge in [-0.25, -0.2) is 0 Å². The molecule has 2 N–H and O–H groups in total. The van der Waals surface area contributed by atoms with Crippen LogP contribution in [-0.2, 0) is 9.59 Å². The van der Waals surface area contributed by atoms with Gasteiger partial charge >= 0.3 is 11.8 Å². The second-order valence-corrected chi connectivity index (χ2v) is 7.68. The molecule has 0 spiro atoms. The van der Waals surface area contributed by atoms with Gasteiger partial charge in [0.05, 0.1) is 23.9 Å². The fraction of sp³-hybridized carbons (Fsp3) is 0.364. The fourth-order valence-corrected chi connectivity index (χ4v) is 3.61. The number of nitrogens with zero attached hydrogens (tertiary/aromatic N) is 2.